The number of aromatic amines is 2. The molecule has 0 unspecified atom stereocenters. The molecule has 2 heterocycles. The summed E-state index contributed by atoms with van der Waals surface area (Å²) in [6, 6.07) is 9.05. The lowest BCUT2D eigenvalue weighted by atomic mass is 10.1. The number of H-pyrrole nitrogens is 2. The number of pyridine rings is 1. The Bertz CT molecular complexity index is 909. The maximum absolute atomic E-state index is 12.0. The number of hydrogen-bond donors (Lipinski definition) is 3. The number of imidazole rings is 1. The van der Waals surface area contributed by atoms with Gasteiger partial charge in [-0.25, -0.2) is 4.79 Å². The van der Waals surface area contributed by atoms with Crippen LogP contribution in [0.3, 0.4) is 0 Å². The molecule has 0 spiro atoms. The first kappa shape index (κ1) is 14.8. The van der Waals surface area contributed by atoms with Gasteiger partial charge < -0.3 is 15.3 Å². The average molecular weight is 308 g/mol. The molecule has 0 radical (unpaired) electrons. The molecule has 116 valence electrons. The highest BCUT2D eigenvalue weighted by Crippen LogP contribution is 2.17. The summed E-state index contributed by atoms with van der Waals surface area (Å²) < 4.78 is 0. The van der Waals surface area contributed by atoms with Crippen molar-refractivity contribution >= 4 is 23.0 Å². The van der Waals surface area contributed by atoms with E-state index < -0.39 is 0 Å². The standard InChI is InChI=1S/C17H16N4O2/c1-11(13-5-6-14-15(9-13)21-17(23)20-14)19-16(22)7-4-12-3-2-8-18-10-12/h2-11H,1H3,(H,19,22)(H2,20,21,23)/b7-4-/t11-/m1/s1. The monoisotopic (exact) mass is 308 g/mol. The molecule has 0 saturated carbocycles. The zero-order chi connectivity index (χ0) is 16.2. The number of hydrogen-bond acceptors (Lipinski definition) is 3. The SMILES string of the molecule is C[C@@H](NC(=O)/C=C\c1cccnc1)c1ccc2[nH]c(=O)[nH]c2c1. The Hall–Kier alpha value is -3.15. The molecule has 6 nitrogen and oxygen atoms in total. The van der Waals surface area contributed by atoms with Crippen molar-refractivity contribution < 1.29 is 4.79 Å². The lowest BCUT2D eigenvalue weighted by Gasteiger charge is -2.12. The fourth-order valence-corrected chi connectivity index (χ4v) is 2.31. The molecule has 0 aliphatic heterocycles. The third-order valence-corrected chi connectivity index (χ3v) is 3.51. The molecule has 3 aromatic rings. The zero-order valence-electron chi connectivity index (χ0n) is 12.5. The van der Waals surface area contributed by atoms with Gasteiger partial charge in [0.15, 0.2) is 0 Å². The fourth-order valence-electron chi connectivity index (χ4n) is 2.31. The Labute approximate surface area is 132 Å². The molecule has 23 heavy (non-hydrogen) atoms. The number of benzene rings is 1. The number of nitrogens with zero attached hydrogens (tertiary/aromatic N) is 1. The molecular formula is C17H16N4O2. The van der Waals surface area contributed by atoms with Crippen molar-refractivity contribution in [2.45, 2.75) is 13.0 Å². The average Bonchev–Trinajstić information content (AvgIpc) is 2.93. The summed E-state index contributed by atoms with van der Waals surface area (Å²) >= 11 is 0. The molecule has 0 saturated heterocycles. The first-order chi connectivity index (χ1) is 11.1. The molecule has 3 rings (SSSR count). The molecule has 3 N–H and O–H groups in total. The summed E-state index contributed by atoms with van der Waals surface area (Å²) in [7, 11) is 0. The molecule has 1 aromatic carbocycles. The molecule has 0 aliphatic rings. The third kappa shape index (κ3) is 3.55. The Kier molecular flexibility index (Phi) is 4.05. The van der Waals surface area contributed by atoms with Crippen LogP contribution in [0.2, 0.25) is 0 Å². The van der Waals surface area contributed by atoms with Crippen LogP contribution in [0.5, 0.6) is 0 Å². The molecule has 1 amide bonds. The highest BCUT2D eigenvalue weighted by atomic mass is 16.1. The topological polar surface area (TPSA) is 90.6 Å². The predicted octanol–water partition coefficient (Wildman–Crippen LogP) is 2.14. The summed E-state index contributed by atoms with van der Waals surface area (Å²) in [6.07, 6.45) is 6.55. The van der Waals surface area contributed by atoms with Crippen molar-refractivity contribution in [1.82, 2.24) is 20.3 Å². The van der Waals surface area contributed by atoms with Gasteiger partial charge in [0, 0.05) is 18.5 Å². The van der Waals surface area contributed by atoms with E-state index >= 15 is 0 Å². The van der Waals surface area contributed by atoms with E-state index in [1.165, 1.54) is 6.08 Å². The number of nitrogens with one attached hydrogen (secondary N) is 3. The van der Waals surface area contributed by atoms with Crippen LogP contribution in [0.4, 0.5) is 0 Å². The van der Waals surface area contributed by atoms with E-state index in [0.717, 1.165) is 22.2 Å². The van der Waals surface area contributed by atoms with E-state index in [9.17, 15) is 9.59 Å². The minimum Gasteiger partial charge on any atom is -0.346 e. The van der Waals surface area contributed by atoms with E-state index in [1.54, 1.807) is 18.5 Å². The number of carbonyl (C=O) groups excluding carboxylic acids is 1. The van der Waals surface area contributed by atoms with Gasteiger partial charge in [0.05, 0.1) is 17.1 Å². The van der Waals surface area contributed by atoms with Crippen molar-refractivity contribution in [2.24, 2.45) is 0 Å². The van der Waals surface area contributed by atoms with Crippen LogP contribution in [-0.2, 0) is 4.79 Å². The third-order valence-electron chi connectivity index (χ3n) is 3.51. The summed E-state index contributed by atoms with van der Waals surface area (Å²) in [5.41, 5.74) is 3.00. The van der Waals surface area contributed by atoms with Crippen molar-refractivity contribution in [3.63, 3.8) is 0 Å². The number of carbonyl (C=O) groups is 1. The van der Waals surface area contributed by atoms with E-state index in [1.807, 2.05) is 37.3 Å². The summed E-state index contributed by atoms with van der Waals surface area (Å²) in [4.78, 5) is 32.6. The Morgan fingerprint density at radius 1 is 1.26 bits per heavy atom. The van der Waals surface area contributed by atoms with E-state index in [2.05, 4.69) is 20.3 Å². The van der Waals surface area contributed by atoms with Crippen LogP contribution in [0.15, 0.2) is 53.6 Å². The largest absolute Gasteiger partial charge is 0.346 e. The Morgan fingerprint density at radius 2 is 2.09 bits per heavy atom. The van der Waals surface area contributed by atoms with Crippen molar-refractivity contribution in [1.29, 1.82) is 0 Å². The van der Waals surface area contributed by atoms with Gasteiger partial charge >= 0.3 is 5.69 Å². The first-order valence-corrected chi connectivity index (χ1v) is 7.22. The van der Waals surface area contributed by atoms with Crippen LogP contribution in [-0.4, -0.2) is 20.9 Å². The van der Waals surface area contributed by atoms with E-state index in [4.69, 9.17) is 0 Å². The Morgan fingerprint density at radius 3 is 2.87 bits per heavy atom. The smallest absolute Gasteiger partial charge is 0.323 e. The van der Waals surface area contributed by atoms with Crippen LogP contribution < -0.4 is 11.0 Å². The number of fused-ring (bicyclic) bond motifs is 1. The fraction of sp³-hybridized carbons (Fsp3) is 0.118. The minimum atomic E-state index is -0.242. The second kappa shape index (κ2) is 6.31. The number of amides is 1. The molecule has 0 aliphatic carbocycles. The van der Waals surface area contributed by atoms with Crippen LogP contribution >= 0.6 is 0 Å². The van der Waals surface area contributed by atoms with Gasteiger partial charge in [-0.05, 0) is 42.3 Å². The second-order valence-corrected chi connectivity index (χ2v) is 5.23. The van der Waals surface area contributed by atoms with Gasteiger partial charge in [-0.15, -0.1) is 0 Å². The summed E-state index contributed by atoms with van der Waals surface area (Å²) in [5, 5.41) is 2.89. The molecule has 6 heteroatoms. The predicted molar refractivity (Wildman–Crippen MR) is 88.7 cm³/mol. The second-order valence-electron chi connectivity index (χ2n) is 5.23. The highest BCUT2D eigenvalue weighted by molar-refractivity contribution is 5.92. The number of rotatable bonds is 4. The Balaban J connectivity index is 1.69. The highest BCUT2D eigenvalue weighted by Gasteiger charge is 2.09. The summed E-state index contributed by atoms with van der Waals surface area (Å²) in [6.45, 7) is 1.89. The molecular weight excluding hydrogens is 292 g/mol. The van der Waals surface area contributed by atoms with Gasteiger partial charge in [0.2, 0.25) is 5.91 Å². The maximum Gasteiger partial charge on any atom is 0.323 e. The van der Waals surface area contributed by atoms with Gasteiger partial charge in [-0.2, -0.15) is 0 Å². The van der Waals surface area contributed by atoms with Gasteiger partial charge in [0.1, 0.15) is 0 Å². The van der Waals surface area contributed by atoms with Gasteiger partial charge in [0.25, 0.3) is 0 Å². The molecule has 2 aromatic heterocycles. The minimum absolute atomic E-state index is 0.177. The zero-order valence-corrected chi connectivity index (χ0v) is 12.5. The maximum atomic E-state index is 12.0. The quantitative estimate of drug-likeness (QED) is 0.645. The molecule has 0 bridgehead atoms. The van der Waals surface area contributed by atoms with Crippen LogP contribution in [0.25, 0.3) is 17.1 Å². The van der Waals surface area contributed by atoms with Crippen LogP contribution in [0, 0.1) is 0 Å². The molecule has 0 fully saturated rings. The van der Waals surface area contributed by atoms with Crippen molar-refractivity contribution in [3.05, 3.63) is 70.4 Å². The number of aromatic nitrogens is 3. The normalized spacial score (nSPS) is 12.6. The van der Waals surface area contributed by atoms with E-state index in [-0.39, 0.29) is 17.6 Å². The van der Waals surface area contributed by atoms with Crippen molar-refractivity contribution in [3.8, 4) is 0 Å². The lowest BCUT2D eigenvalue weighted by molar-refractivity contribution is -0.117. The van der Waals surface area contributed by atoms with Gasteiger partial charge in [-0.3, -0.25) is 9.78 Å². The lowest BCUT2D eigenvalue weighted by Crippen LogP contribution is -2.24. The van der Waals surface area contributed by atoms with Gasteiger partial charge in [-0.1, -0.05) is 12.1 Å². The van der Waals surface area contributed by atoms with E-state index in [0.29, 0.717) is 0 Å². The molecule has 1 atom stereocenters. The van der Waals surface area contributed by atoms with Crippen molar-refractivity contribution in [2.75, 3.05) is 0 Å². The summed E-state index contributed by atoms with van der Waals surface area (Å²) in [5.74, 6) is -0.191. The van der Waals surface area contributed by atoms with Crippen LogP contribution in [0.1, 0.15) is 24.1 Å². The first-order valence-electron chi connectivity index (χ1n) is 7.22.